The molecule has 2 heterocycles. The number of hydrogen-bond donors (Lipinski definition) is 3. The molecule has 0 amide bonds. The molecule has 0 unspecified atom stereocenters. The van der Waals surface area contributed by atoms with E-state index >= 15 is 0 Å². The maximum Gasteiger partial charge on any atom is 0.229 e. The van der Waals surface area contributed by atoms with Crippen LogP contribution in [-0.4, -0.2) is 54.5 Å². The summed E-state index contributed by atoms with van der Waals surface area (Å²) < 4.78 is 5.82. The number of anilines is 2. The van der Waals surface area contributed by atoms with Gasteiger partial charge in [-0.25, -0.2) is 4.98 Å². The Morgan fingerprint density at radius 2 is 1.97 bits per heavy atom. The molecule has 160 valence electrons. The highest BCUT2D eigenvalue weighted by molar-refractivity contribution is 5.92. The number of para-hydroxylation sites is 1. The number of fused-ring (bicyclic) bond motifs is 1. The molecule has 0 radical (unpaired) electrons. The third-order valence-corrected chi connectivity index (χ3v) is 4.55. The van der Waals surface area contributed by atoms with Crippen molar-refractivity contribution >= 4 is 28.8 Å². The molecule has 3 rings (SSSR count). The van der Waals surface area contributed by atoms with Crippen molar-refractivity contribution in [3.63, 3.8) is 0 Å². The predicted octanol–water partition coefficient (Wildman–Crippen LogP) is 3.63. The monoisotopic (exact) mass is 409 g/mol. The summed E-state index contributed by atoms with van der Waals surface area (Å²) >= 11 is 0. The Bertz CT molecular complexity index is 948. The van der Waals surface area contributed by atoms with Crippen LogP contribution >= 0.6 is 0 Å². The molecule has 0 saturated carbocycles. The molecule has 3 N–H and O–H groups in total. The molecule has 0 saturated heterocycles. The van der Waals surface area contributed by atoms with Crippen molar-refractivity contribution < 1.29 is 4.74 Å². The average Bonchev–Trinajstić information content (AvgIpc) is 3.17. The summed E-state index contributed by atoms with van der Waals surface area (Å²) in [6.07, 6.45) is 5.66. The molecular formula is C22H31N7O. The zero-order valence-electron chi connectivity index (χ0n) is 18.0. The minimum atomic E-state index is 0.540. The van der Waals surface area contributed by atoms with Crippen LogP contribution in [0.5, 0.6) is 5.88 Å². The van der Waals surface area contributed by atoms with Crippen molar-refractivity contribution in [2.24, 2.45) is 5.10 Å². The number of nitrogens with one attached hydrogen (secondary N) is 3. The maximum absolute atomic E-state index is 5.82. The van der Waals surface area contributed by atoms with Gasteiger partial charge in [0.15, 0.2) is 0 Å². The topological polar surface area (TPSA) is 90.5 Å². The molecule has 2 aromatic heterocycles. The van der Waals surface area contributed by atoms with Crippen molar-refractivity contribution in [3.05, 3.63) is 42.2 Å². The van der Waals surface area contributed by atoms with Gasteiger partial charge in [0.1, 0.15) is 6.61 Å². The molecule has 0 fully saturated rings. The zero-order chi connectivity index (χ0) is 21.2. The first-order chi connectivity index (χ1) is 14.7. The number of hydrogen-bond acceptors (Lipinski definition) is 7. The third kappa shape index (κ3) is 5.70. The van der Waals surface area contributed by atoms with Crippen LogP contribution in [0, 0.1) is 0 Å². The van der Waals surface area contributed by atoms with E-state index in [4.69, 9.17) is 9.72 Å². The number of benzene rings is 1. The van der Waals surface area contributed by atoms with E-state index in [9.17, 15) is 0 Å². The van der Waals surface area contributed by atoms with Gasteiger partial charge in [0.2, 0.25) is 11.8 Å². The summed E-state index contributed by atoms with van der Waals surface area (Å²) in [5.74, 6) is 1.23. The van der Waals surface area contributed by atoms with Gasteiger partial charge in [-0.3, -0.25) is 5.43 Å². The minimum absolute atomic E-state index is 0.540. The Morgan fingerprint density at radius 3 is 2.73 bits per heavy atom. The summed E-state index contributed by atoms with van der Waals surface area (Å²) in [5, 5.41) is 8.56. The van der Waals surface area contributed by atoms with E-state index in [1.807, 2.05) is 43.6 Å². The number of nitrogens with zero attached hydrogens (tertiary/aromatic N) is 4. The number of rotatable bonds is 12. The molecule has 8 heteroatoms. The van der Waals surface area contributed by atoms with Gasteiger partial charge in [0.25, 0.3) is 0 Å². The molecule has 0 aliphatic carbocycles. The molecular weight excluding hydrogens is 378 g/mol. The molecule has 8 nitrogen and oxygen atoms in total. The lowest BCUT2D eigenvalue weighted by Crippen LogP contribution is -2.27. The van der Waals surface area contributed by atoms with Crippen molar-refractivity contribution in [2.75, 3.05) is 43.6 Å². The van der Waals surface area contributed by atoms with Gasteiger partial charge in [0, 0.05) is 42.8 Å². The predicted molar refractivity (Wildman–Crippen MR) is 124 cm³/mol. The van der Waals surface area contributed by atoms with E-state index in [1.54, 1.807) is 6.21 Å². The van der Waals surface area contributed by atoms with Gasteiger partial charge >= 0.3 is 0 Å². The van der Waals surface area contributed by atoms with Gasteiger partial charge in [-0.05, 0) is 26.0 Å². The number of ether oxygens (including phenoxy) is 1. The number of H-pyrrole nitrogens is 1. The number of aromatic nitrogens is 3. The van der Waals surface area contributed by atoms with Gasteiger partial charge in [0.05, 0.1) is 17.6 Å². The Kier molecular flexibility index (Phi) is 8.02. The Balaban J connectivity index is 1.81. The Labute approximate surface area is 177 Å². The van der Waals surface area contributed by atoms with E-state index in [1.165, 1.54) is 0 Å². The second-order valence-electron chi connectivity index (χ2n) is 6.99. The summed E-state index contributed by atoms with van der Waals surface area (Å²) in [4.78, 5) is 14.7. The first-order valence-corrected chi connectivity index (χ1v) is 10.5. The van der Waals surface area contributed by atoms with Crippen molar-refractivity contribution in [3.8, 4) is 5.88 Å². The maximum atomic E-state index is 5.82. The molecule has 3 aromatic rings. The normalized spacial score (nSPS) is 11.3. The highest BCUT2D eigenvalue weighted by Crippen LogP contribution is 2.22. The van der Waals surface area contributed by atoms with E-state index in [0.717, 1.165) is 49.1 Å². The number of hydrazone groups is 1. The van der Waals surface area contributed by atoms with Crippen LogP contribution in [0.1, 0.15) is 32.4 Å². The van der Waals surface area contributed by atoms with Crippen LogP contribution in [0.15, 0.2) is 41.6 Å². The molecule has 0 atom stereocenters. The quantitative estimate of drug-likeness (QED) is 0.240. The van der Waals surface area contributed by atoms with E-state index in [2.05, 4.69) is 44.6 Å². The van der Waals surface area contributed by atoms with Gasteiger partial charge in [-0.15, -0.1) is 0 Å². The molecule has 0 bridgehead atoms. The number of likely N-dealkylation sites (N-methyl/N-ethyl adjacent to an activating group) is 1. The van der Waals surface area contributed by atoms with Gasteiger partial charge in [-0.1, -0.05) is 32.0 Å². The lowest BCUT2D eigenvalue weighted by Gasteiger charge is -2.22. The smallest absolute Gasteiger partial charge is 0.229 e. The van der Waals surface area contributed by atoms with Crippen LogP contribution in [-0.2, 0) is 0 Å². The summed E-state index contributed by atoms with van der Waals surface area (Å²) in [7, 11) is 1.90. The summed E-state index contributed by atoms with van der Waals surface area (Å²) in [6.45, 7) is 7.40. The fourth-order valence-electron chi connectivity index (χ4n) is 3.15. The van der Waals surface area contributed by atoms with Gasteiger partial charge in [-0.2, -0.15) is 10.1 Å². The molecule has 30 heavy (non-hydrogen) atoms. The summed E-state index contributed by atoms with van der Waals surface area (Å²) in [5.41, 5.74) is 5.78. The third-order valence-electron chi connectivity index (χ3n) is 4.55. The SMILES string of the molecule is CCCN(CCC)c1nc(/C=N/Nc2c[nH]c3ccccc23)cc(OCCNC)n1. The van der Waals surface area contributed by atoms with Crippen LogP contribution in [0.4, 0.5) is 11.6 Å². The van der Waals surface area contributed by atoms with Gasteiger partial charge < -0.3 is 19.9 Å². The van der Waals surface area contributed by atoms with Crippen molar-refractivity contribution in [1.82, 2.24) is 20.3 Å². The second kappa shape index (κ2) is 11.2. The highest BCUT2D eigenvalue weighted by atomic mass is 16.5. The second-order valence-corrected chi connectivity index (χ2v) is 6.99. The van der Waals surface area contributed by atoms with Crippen LogP contribution in [0.3, 0.4) is 0 Å². The average molecular weight is 410 g/mol. The molecule has 0 spiro atoms. The fourth-order valence-corrected chi connectivity index (χ4v) is 3.15. The van der Waals surface area contributed by atoms with Crippen LogP contribution < -0.4 is 20.4 Å². The largest absolute Gasteiger partial charge is 0.476 e. The molecule has 0 aliphatic rings. The first kappa shape index (κ1) is 21.6. The molecule has 1 aromatic carbocycles. The van der Waals surface area contributed by atoms with E-state index in [0.29, 0.717) is 24.1 Å². The van der Waals surface area contributed by atoms with Crippen molar-refractivity contribution in [1.29, 1.82) is 0 Å². The zero-order valence-corrected chi connectivity index (χ0v) is 18.0. The summed E-state index contributed by atoms with van der Waals surface area (Å²) in [6, 6.07) is 9.91. The van der Waals surface area contributed by atoms with Crippen molar-refractivity contribution in [2.45, 2.75) is 26.7 Å². The molecule has 0 aliphatic heterocycles. The Hall–Kier alpha value is -3.13. The highest BCUT2D eigenvalue weighted by Gasteiger charge is 2.12. The lowest BCUT2D eigenvalue weighted by molar-refractivity contribution is 0.306. The fraction of sp³-hybridized carbons (Fsp3) is 0.409. The first-order valence-electron chi connectivity index (χ1n) is 10.5. The Morgan fingerprint density at radius 1 is 1.17 bits per heavy atom. The number of aromatic amines is 1. The van der Waals surface area contributed by atoms with Crippen LogP contribution in [0.2, 0.25) is 0 Å². The minimum Gasteiger partial charge on any atom is -0.476 e. The van der Waals surface area contributed by atoms with Crippen LogP contribution in [0.25, 0.3) is 10.9 Å². The van der Waals surface area contributed by atoms with E-state index in [-0.39, 0.29) is 0 Å². The van der Waals surface area contributed by atoms with E-state index < -0.39 is 0 Å². The standard InChI is InChI=1S/C22H31N7O/c1-4-11-29(12-5-2)22-26-17(14-21(27-22)30-13-10-23-3)15-25-28-20-16-24-19-9-7-6-8-18(19)20/h6-9,14-16,23-24,28H,4-5,10-13H2,1-3H3/b25-15+. The lowest BCUT2D eigenvalue weighted by atomic mass is 10.2.